The summed E-state index contributed by atoms with van der Waals surface area (Å²) >= 11 is 0. The van der Waals surface area contributed by atoms with Gasteiger partial charge in [0.1, 0.15) is 0 Å². The molecule has 0 spiro atoms. The maximum absolute atomic E-state index is 12.3. The predicted molar refractivity (Wildman–Crippen MR) is 76.1 cm³/mol. The van der Waals surface area contributed by atoms with Gasteiger partial charge in [-0.2, -0.15) is 4.31 Å². The fraction of sp³-hybridized carbons (Fsp3) is 1.00. The summed E-state index contributed by atoms with van der Waals surface area (Å²) in [6, 6.07) is 0.292. The Balaban J connectivity index is 2.44. The third-order valence-electron chi connectivity index (χ3n) is 3.20. The molecule has 0 aromatic rings. The molecule has 0 heterocycles. The van der Waals surface area contributed by atoms with Crippen molar-refractivity contribution in [2.24, 2.45) is 5.92 Å². The Kier molecular flexibility index (Phi) is 6.60. The molecule has 0 atom stereocenters. The van der Waals surface area contributed by atoms with Gasteiger partial charge in [-0.3, -0.25) is 0 Å². The van der Waals surface area contributed by atoms with E-state index in [0.717, 1.165) is 32.2 Å². The minimum absolute atomic E-state index is 0.238. The molecule has 0 aromatic carbocycles. The standard InChI is InChI=1S/C13H28N2O2S/c1-4-8-14-9-11-18(16,17)15(13-5-6-13)10-7-12(2)3/h12-14H,4-11H2,1-3H3. The number of nitrogens with one attached hydrogen (secondary N) is 1. The molecule has 108 valence electrons. The monoisotopic (exact) mass is 276 g/mol. The first kappa shape index (κ1) is 15.9. The van der Waals surface area contributed by atoms with Gasteiger partial charge >= 0.3 is 0 Å². The van der Waals surface area contributed by atoms with Gasteiger partial charge in [-0.05, 0) is 38.1 Å². The molecule has 0 unspecified atom stereocenters. The number of hydrogen-bond donors (Lipinski definition) is 1. The van der Waals surface area contributed by atoms with Gasteiger partial charge < -0.3 is 5.32 Å². The fourth-order valence-electron chi connectivity index (χ4n) is 1.92. The maximum atomic E-state index is 12.3. The second-order valence-corrected chi connectivity index (χ2v) is 7.63. The van der Waals surface area contributed by atoms with Crippen molar-refractivity contribution in [2.75, 3.05) is 25.4 Å². The van der Waals surface area contributed by atoms with E-state index >= 15 is 0 Å². The van der Waals surface area contributed by atoms with Crippen LogP contribution in [-0.2, 0) is 10.0 Å². The third-order valence-corrected chi connectivity index (χ3v) is 5.12. The van der Waals surface area contributed by atoms with Gasteiger partial charge in [0.05, 0.1) is 5.75 Å². The Morgan fingerprint density at radius 2 is 1.94 bits per heavy atom. The fourth-order valence-corrected chi connectivity index (χ4v) is 3.60. The number of hydrogen-bond acceptors (Lipinski definition) is 3. The second kappa shape index (κ2) is 7.46. The Hall–Kier alpha value is -0.130. The van der Waals surface area contributed by atoms with Crippen molar-refractivity contribution in [1.82, 2.24) is 9.62 Å². The molecule has 0 amide bonds. The highest BCUT2D eigenvalue weighted by Gasteiger charge is 2.36. The smallest absolute Gasteiger partial charge is 0.215 e. The predicted octanol–water partition coefficient (Wildman–Crippen LogP) is 1.83. The average Bonchev–Trinajstić information content (AvgIpc) is 3.08. The molecular formula is C13H28N2O2S. The van der Waals surface area contributed by atoms with Crippen LogP contribution in [0.25, 0.3) is 0 Å². The van der Waals surface area contributed by atoms with E-state index in [9.17, 15) is 8.42 Å². The van der Waals surface area contributed by atoms with Gasteiger partial charge in [-0.15, -0.1) is 0 Å². The van der Waals surface area contributed by atoms with Crippen LogP contribution >= 0.6 is 0 Å². The molecule has 0 saturated heterocycles. The molecule has 0 aliphatic heterocycles. The lowest BCUT2D eigenvalue weighted by Crippen LogP contribution is -2.39. The lowest BCUT2D eigenvalue weighted by atomic mass is 10.1. The first-order valence-electron chi connectivity index (χ1n) is 7.17. The van der Waals surface area contributed by atoms with E-state index in [4.69, 9.17) is 0 Å². The highest BCUT2D eigenvalue weighted by molar-refractivity contribution is 7.89. The molecule has 1 rings (SSSR count). The Morgan fingerprint density at radius 3 is 2.44 bits per heavy atom. The van der Waals surface area contributed by atoms with Gasteiger partial charge in [-0.1, -0.05) is 20.8 Å². The van der Waals surface area contributed by atoms with Crippen LogP contribution in [0.15, 0.2) is 0 Å². The zero-order chi connectivity index (χ0) is 13.6. The molecule has 1 saturated carbocycles. The molecule has 5 heteroatoms. The summed E-state index contributed by atoms with van der Waals surface area (Å²) in [5, 5.41) is 3.16. The molecule has 4 nitrogen and oxygen atoms in total. The Bertz CT molecular complexity index is 324. The summed E-state index contributed by atoms with van der Waals surface area (Å²) in [6.07, 6.45) is 4.08. The lowest BCUT2D eigenvalue weighted by Gasteiger charge is -2.22. The molecule has 0 aromatic heterocycles. The van der Waals surface area contributed by atoms with Crippen molar-refractivity contribution in [3.63, 3.8) is 0 Å². The summed E-state index contributed by atoms with van der Waals surface area (Å²) in [7, 11) is -3.06. The SMILES string of the molecule is CCCNCCS(=O)(=O)N(CCC(C)C)C1CC1. The summed E-state index contributed by atoms with van der Waals surface area (Å²) in [6.45, 7) is 8.52. The number of sulfonamides is 1. The highest BCUT2D eigenvalue weighted by atomic mass is 32.2. The summed E-state index contributed by atoms with van der Waals surface area (Å²) in [5.74, 6) is 0.793. The van der Waals surface area contributed by atoms with Gasteiger partial charge in [-0.25, -0.2) is 8.42 Å². The van der Waals surface area contributed by atoms with E-state index in [1.165, 1.54) is 0 Å². The summed E-state index contributed by atoms with van der Waals surface area (Å²) < 4.78 is 26.3. The van der Waals surface area contributed by atoms with E-state index in [1.54, 1.807) is 4.31 Å². The van der Waals surface area contributed by atoms with Crippen LogP contribution in [0.2, 0.25) is 0 Å². The number of rotatable bonds is 10. The van der Waals surface area contributed by atoms with Crippen LogP contribution in [0.5, 0.6) is 0 Å². The van der Waals surface area contributed by atoms with Crippen molar-refractivity contribution >= 4 is 10.0 Å². The second-order valence-electron chi connectivity index (χ2n) is 5.59. The topological polar surface area (TPSA) is 49.4 Å². The van der Waals surface area contributed by atoms with Crippen molar-refractivity contribution in [2.45, 2.75) is 52.5 Å². The quantitative estimate of drug-likeness (QED) is 0.619. The molecule has 1 fully saturated rings. The Morgan fingerprint density at radius 1 is 1.28 bits per heavy atom. The molecule has 1 aliphatic rings. The maximum Gasteiger partial charge on any atom is 0.215 e. The van der Waals surface area contributed by atoms with Crippen molar-refractivity contribution in [3.8, 4) is 0 Å². The van der Waals surface area contributed by atoms with Crippen LogP contribution in [0.3, 0.4) is 0 Å². The van der Waals surface area contributed by atoms with Crippen molar-refractivity contribution in [1.29, 1.82) is 0 Å². The van der Waals surface area contributed by atoms with Crippen molar-refractivity contribution in [3.05, 3.63) is 0 Å². The van der Waals surface area contributed by atoms with E-state index in [0.29, 0.717) is 25.0 Å². The number of nitrogens with zero attached hydrogens (tertiary/aromatic N) is 1. The van der Waals surface area contributed by atoms with Gasteiger partial charge in [0.2, 0.25) is 10.0 Å². The molecule has 0 bridgehead atoms. The summed E-state index contributed by atoms with van der Waals surface area (Å²) in [4.78, 5) is 0. The van der Waals surface area contributed by atoms with E-state index in [1.807, 2.05) is 0 Å². The molecule has 0 radical (unpaired) electrons. The first-order valence-corrected chi connectivity index (χ1v) is 8.78. The van der Waals surface area contributed by atoms with Gasteiger partial charge in [0.15, 0.2) is 0 Å². The van der Waals surface area contributed by atoms with E-state index < -0.39 is 10.0 Å². The zero-order valence-electron chi connectivity index (χ0n) is 12.0. The van der Waals surface area contributed by atoms with Gasteiger partial charge in [0.25, 0.3) is 0 Å². The Labute approximate surface area is 112 Å². The minimum atomic E-state index is -3.06. The third kappa shape index (κ3) is 5.67. The molecular weight excluding hydrogens is 248 g/mol. The van der Waals surface area contributed by atoms with Crippen LogP contribution in [0.4, 0.5) is 0 Å². The van der Waals surface area contributed by atoms with Crippen LogP contribution in [0, 0.1) is 5.92 Å². The minimum Gasteiger partial charge on any atom is -0.316 e. The largest absolute Gasteiger partial charge is 0.316 e. The van der Waals surface area contributed by atoms with Crippen LogP contribution in [-0.4, -0.2) is 44.2 Å². The molecule has 1 N–H and O–H groups in total. The zero-order valence-corrected chi connectivity index (χ0v) is 12.8. The normalized spacial score (nSPS) is 16.7. The van der Waals surface area contributed by atoms with Crippen LogP contribution in [0.1, 0.15) is 46.5 Å². The van der Waals surface area contributed by atoms with Crippen molar-refractivity contribution < 1.29 is 8.42 Å². The average molecular weight is 276 g/mol. The summed E-state index contributed by atoms with van der Waals surface area (Å²) in [5.41, 5.74) is 0. The first-order chi connectivity index (χ1) is 8.47. The van der Waals surface area contributed by atoms with Crippen LogP contribution < -0.4 is 5.32 Å². The molecule has 1 aliphatic carbocycles. The molecule has 18 heavy (non-hydrogen) atoms. The van der Waals surface area contributed by atoms with E-state index in [2.05, 4.69) is 26.1 Å². The highest BCUT2D eigenvalue weighted by Crippen LogP contribution is 2.29. The lowest BCUT2D eigenvalue weighted by molar-refractivity contribution is 0.373. The van der Waals surface area contributed by atoms with Gasteiger partial charge in [0, 0.05) is 19.1 Å². The van der Waals surface area contributed by atoms with E-state index in [-0.39, 0.29) is 5.75 Å².